The highest BCUT2D eigenvalue weighted by molar-refractivity contribution is 4.81. The zero-order chi connectivity index (χ0) is 6.85. The minimum atomic E-state index is -0.727. The van der Waals surface area contributed by atoms with Crippen LogP contribution in [0.4, 0.5) is 0 Å². The first-order valence-electron chi connectivity index (χ1n) is 3.05. The molecule has 3 nitrogen and oxygen atoms in total. The van der Waals surface area contributed by atoms with Gasteiger partial charge in [-0.1, -0.05) is 0 Å². The summed E-state index contributed by atoms with van der Waals surface area (Å²) in [5.74, 6) is 0. The van der Waals surface area contributed by atoms with Gasteiger partial charge in [0, 0.05) is 6.42 Å². The molecule has 2 N–H and O–H groups in total. The van der Waals surface area contributed by atoms with Crippen LogP contribution in [0.25, 0.3) is 0 Å². The highest BCUT2D eigenvalue weighted by atomic mass is 16.5. The number of hydrogen-bond acceptors (Lipinski definition) is 3. The summed E-state index contributed by atoms with van der Waals surface area (Å²) in [7, 11) is 0. The quantitative estimate of drug-likeness (QED) is 0.473. The van der Waals surface area contributed by atoms with Gasteiger partial charge in [0.2, 0.25) is 0 Å². The molecule has 0 unspecified atom stereocenters. The average molecular weight is 131 g/mol. The number of aliphatic hydroxyl groups excluding tert-OH is 2. The van der Waals surface area contributed by atoms with Crippen LogP contribution in [-0.2, 0) is 4.74 Å². The van der Waals surface area contributed by atoms with Gasteiger partial charge in [0.25, 0.3) is 0 Å². The van der Waals surface area contributed by atoms with Crippen molar-refractivity contribution < 1.29 is 14.9 Å². The van der Waals surface area contributed by atoms with E-state index in [0.717, 1.165) is 0 Å². The van der Waals surface area contributed by atoms with Crippen molar-refractivity contribution in [3.63, 3.8) is 0 Å². The number of hydrogen-bond donors (Lipinski definition) is 2. The van der Waals surface area contributed by atoms with Gasteiger partial charge in [-0.05, 0) is 6.92 Å². The van der Waals surface area contributed by atoms with Crippen molar-refractivity contribution in [3.8, 4) is 0 Å². The summed E-state index contributed by atoms with van der Waals surface area (Å²) in [6.45, 7) is 3.26. The Morgan fingerprint density at radius 1 is 1.56 bits per heavy atom. The number of ether oxygens (including phenoxy) is 1. The second kappa shape index (κ2) is 2.64. The summed E-state index contributed by atoms with van der Waals surface area (Å²) in [5.41, 5.74) is 0. The molecule has 1 aliphatic heterocycles. The Morgan fingerprint density at radius 2 is 2.22 bits per heavy atom. The van der Waals surface area contributed by atoms with Crippen molar-refractivity contribution in [2.75, 3.05) is 0 Å². The van der Waals surface area contributed by atoms with Gasteiger partial charge in [-0.2, -0.15) is 0 Å². The third kappa shape index (κ3) is 1.41. The minimum absolute atomic E-state index is 0.270. The predicted molar refractivity (Wildman–Crippen MR) is 31.5 cm³/mol. The summed E-state index contributed by atoms with van der Waals surface area (Å²) >= 11 is 0. The molecule has 3 heteroatoms. The molecule has 0 aromatic rings. The summed E-state index contributed by atoms with van der Waals surface area (Å²) in [6, 6.07) is 0. The van der Waals surface area contributed by atoms with Gasteiger partial charge in [0.1, 0.15) is 6.10 Å². The lowest BCUT2D eigenvalue weighted by Gasteiger charge is -2.28. The standard InChI is InChI=1S/C6H11O3/c1-4-6(8)5(7)2-3-9-4/h3-8H,2H2,1H3/t4-,5-,6-/m0/s1. The van der Waals surface area contributed by atoms with Crippen molar-refractivity contribution in [2.24, 2.45) is 0 Å². The molecule has 0 aromatic carbocycles. The molecule has 0 bridgehead atoms. The molecule has 53 valence electrons. The van der Waals surface area contributed by atoms with Crippen molar-refractivity contribution in [3.05, 3.63) is 6.61 Å². The van der Waals surface area contributed by atoms with Crippen LogP contribution < -0.4 is 0 Å². The fourth-order valence-corrected chi connectivity index (χ4v) is 0.839. The first-order chi connectivity index (χ1) is 4.22. The summed E-state index contributed by atoms with van der Waals surface area (Å²) in [6.07, 6.45) is -1.22. The molecule has 0 saturated carbocycles. The van der Waals surface area contributed by atoms with Crippen LogP contribution in [0.2, 0.25) is 0 Å². The molecule has 1 rings (SSSR count). The van der Waals surface area contributed by atoms with E-state index in [4.69, 9.17) is 14.9 Å². The van der Waals surface area contributed by atoms with E-state index in [-0.39, 0.29) is 6.10 Å². The van der Waals surface area contributed by atoms with E-state index in [1.165, 1.54) is 6.61 Å². The Hall–Kier alpha value is -0.120. The first kappa shape index (κ1) is 6.99. The Bertz CT molecular complexity index is 84.3. The third-order valence-corrected chi connectivity index (χ3v) is 1.52. The van der Waals surface area contributed by atoms with E-state index < -0.39 is 12.2 Å². The maximum Gasteiger partial charge on any atom is 0.106 e. The van der Waals surface area contributed by atoms with E-state index in [0.29, 0.717) is 6.42 Å². The van der Waals surface area contributed by atoms with Crippen LogP contribution in [-0.4, -0.2) is 28.5 Å². The lowest BCUT2D eigenvalue weighted by atomic mass is 10.0. The zero-order valence-electron chi connectivity index (χ0n) is 5.32. The maximum absolute atomic E-state index is 9.05. The van der Waals surface area contributed by atoms with Crippen molar-refractivity contribution in [1.82, 2.24) is 0 Å². The van der Waals surface area contributed by atoms with E-state index in [9.17, 15) is 0 Å². The van der Waals surface area contributed by atoms with E-state index >= 15 is 0 Å². The minimum Gasteiger partial charge on any atom is -0.390 e. The molecule has 1 fully saturated rings. The number of rotatable bonds is 0. The molecule has 0 amide bonds. The van der Waals surface area contributed by atoms with E-state index in [1.54, 1.807) is 6.92 Å². The largest absolute Gasteiger partial charge is 0.390 e. The molecular formula is C6H11O3. The normalized spacial score (nSPS) is 45.0. The van der Waals surface area contributed by atoms with Crippen molar-refractivity contribution in [2.45, 2.75) is 31.7 Å². The van der Waals surface area contributed by atoms with Gasteiger partial charge >= 0.3 is 0 Å². The topological polar surface area (TPSA) is 49.7 Å². The summed E-state index contributed by atoms with van der Waals surface area (Å²) < 4.78 is 4.93. The van der Waals surface area contributed by atoms with Gasteiger partial charge < -0.3 is 14.9 Å². The molecule has 0 spiro atoms. The van der Waals surface area contributed by atoms with Crippen LogP contribution in [0.15, 0.2) is 0 Å². The highest BCUT2D eigenvalue weighted by Crippen LogP contribution is 2.16. The Balaban J connectivity index is 2.41. The zero-order valence-corrected chi connectivity index (χ0v) is 5.32. The van der Waals surface area contributed by atoms with Gasteiger partial charge in [0.15, 0.2) is 0 Å². The van der Waals surface area contributed by atoms with Gasteiger partial charge in [-0.15, -0.1) is 0 Å². The van der Waals surface area contributed by atoms with Crippen molar-refractivity contribution >= 4 is 0 Å². The maximum atomic E-state index is 9.05. The second-order valence-electron chi connectivity index (χ2n) is 2.30. The fourth-order valence-electron chi connectivity index (χ4n) is 0.839. The average Bonchev–Trinajstić information content (AvgIpc) is 1.83. The molecule has 1 aliphatic rings. The monoisotopic (exact) mass is 131 g/mol. The fraction of sp³-hybridized carbons (Fsp3) is 0.833. The number of aliphatic hydroxyl groups is 2. The summed E-state index contributed by atoms with van der Waals surface area (Å²) in [4.78, 5) is 0. The predicted octanol–water partition coefficient (Wildman–Crippen LogP) is -0.321. The smallest absolute Gasteiger partial charge is 0.106 e. The van der Waals surface area contributed by atoms with Gasteiger partial charge in [-0.25, -0.2) is 0 Å². The van der Waals surface area contributed by atoms with Gasteiger partial charge in [-0.3, -0.25) is 0 Å². The van der Waals surface area contributed by atoms with E-state index in [2.05, 4.69) is 0 Å². The Kier molecular flexibility index (Phi) is 2.05. The third-order valence-electron chi connectivity index (χ3n) is 1.52. The molecule has 0 aliphatic carbocycles. The molecular weight excluding hydrogens is 120 g/mol. The molecule has 9 heavy (non-hydrogen) atoms. The Morgan fingerprint density at radius 3 is 2.67 bits per heavy atom. The molecule has 0 aromatic heterocycles. The van der Waals surface area contributed by atoms with Crippen molar-refractivity contribution in [1.29, 1.82) is 0 Å². The van der Waals surface area contributed by atoms with E-state index in [1.807, 2.05) is 0 Å². The lowest BCUT2D eigenvalue weighted by Crippen LogP contribution is -2.40. The van der Waals surface area contributed by atoms with Crippen LogP contribution in [0.5, 0.6) is 0 Å². The highest BCUT2D eigenvalue weighted by Gasteiger charge is 2.27. The van der Waals surface area contributed by atoms with Crippen LogP contribution in [0, 0.1) is 6.61 Å². The molecule has 3 atom stereocenters. The Labute approximate surface area is 54.3 Å². The molecule has 1 heterocycles. The SMILES string of the molecule is C[C@@H]1O[CH]C[C@H](O)[C@H]1O. The van der Waals surface area contributed by atoms with Crippen LogP contribution in [0.1, 0.15) is 13.3 Å². The first-order valence-corrected chi connectivity index (χ1v) is 3.05. The van der Waals surface area contributed by atoms with Crippen LogP contribution in [0.3, 0.4) is 0 Å². The molecule has 1 saturated heterocycles. The lowest BCUT2D eigenvalue weighted by molar-refractivity contribution is -0.103. The molecule has 1 radical (unpaired) electrons. The van der Waals surface area contributed by atoms with Crippen LogP contribution >= 0.6 is 0 Å². The summed E-state index contributed by atoms with van der Waals surface area (Å²) in [5, 5.41) is 18.0. The second-order valence-corrected chi connectivity index (χ2v) is 2.30. The van der Waals surface area contributed by atoms with Gasteiger partial charge in [0.05, 0.1) is 18.8 Å².